The number of H-pyrrole nitrogens is 1. The van der Waals surface area contributed by atoms with Crippen LogP contribution in [0.4, 0.5) is 0 Å². The molecular weight excluding hydrogens is 308 g/mol. The van der Waals surface area contributed by atoms with Crippen molar-refractivity contribution in [2.75, 3.05) is 7.11 Å². The van der Waals surface area contributed by atoms with E-state index in [0.29, 0.717) is 5.02 Å². The lowest BCUT2D eigenvalue weighted by atomic mass is 9.98. The Morgan fingerprint density at radius 3 is 2.83 bits per heavy atom. The Morgan fingerprint density at radius 1 is 1.13 bits per heavy atom. The minimum atomic E-state index is 0.690. The van der Waals surface area contributed by atoms with E-state index in [2.05, 4.69) is 23.0 Å². The first kappa shape index (κ1) is 14.1. The van der Waals surface area contributed by atoms with Crippen molar-refractivity contribution in [3.8, 4) is 16.9 Å². The van der Waals surface area contributed by atoms with Gasteiger partial charge < -0.3 is 9.72 Å². The van der Waals surface area contributed by atoms with E-state index in [0.717, 1.165) is 44.4 Å². The molecule has 0 aliphatic heterocycles. The molecule has 0 amide bonds. The van der Waals surface area contributed by atoms with Crippen LogP contribution in [0.25, 0.3) is 32.9 Å². The lowest BCUT2D eigenvalue weighted by molar-refractivity contribution is 0.420. The van der Waals surface area contributed by atoms with Crippen LogP contribution < -0.4 is 4.74 Å². The molecule has 0 spiro atoms. The summed E-state index contributed by atoms with van der Waals surface area (Å²) in [6, 6.07) is 13.9. The first-order valence-electron chi connectivity index (χ1n) is 7.39. The van der Waals surface area contributed by atoms with Crippen molar-refractivity contribution in [2.24, 2.45) is 0 Å². The molecular formula is C19H15ClN2O. The van der Waals surface area contributed by atoms with Crippen LogP contribution in [0.1, 0.15) is 5.69 Å². The van der Waals surface area contributed by atoms with Gasteiger partial charge in [-0.2, -0.15) is 0 Å². The van der Waals surface area contributed by atoms with E-state index >= 15 is 0 Å². The predicted octanol–water partition coefficient (Wildman–Crippen LogP) is 5.35. The van der Waals surface area contributed by atoms with Gasteiger partial charge in [-0.15, -0.1) is 0 Å². The van der Waals surface area contributed by atoms with Gasteiger partial charge >= 0.3 is 0 Å². The zero-order valence-electron chi connectivity index (χ0n) is 12.9. The number of aromatic amines is 1. The maximum Gasteiger partial charge on any atom is 0.128 e. The van der Waals surface area contributed by atoms with Crippen LogP contribution in [0, 0.1) is 6.92 Å². The molecule has 2 aromatic heterocycles. The van der Waals surface area contributed by atoms with E-state index in [4.69, 9.17) is 16.3 Å². The maximum atomic E-state index is 6.10. The molecule has 0 fully saturated rings. The second kappa shape index (κ2) is 5.28. The first-order valence-corrected chi connectivity index (χ1v) is 7.77. The highest BCUT2D eigenvalue weighted by Crippen LogP contribution is 2.40. The molecule has 0 aliphatic carbocycles. The largest absolute Gasteiger partial charge is 0.496 e. The number of benzene rings is 2. The highest BCUT2D eigenvalue weighted by atomic mass is 35.5. The van der Waals surface area contributed by atoms with E-state index < -0.39 is 0 Å². The van der Waals surface area contributed by atoms with Gasteiger partial charge in [0.1, 0.15) is 5.75 Å². The third kappa shape index (κ3) is 2.16. The van der Waals surface area contributed by atoms with Gasteiger partial charge in [0.05, 0.1) is 12.6 Å². The topological polar surface area (TPSA) is 37.9 Å². The summed E-state index contributed by atoms with van der Waals surface area (Å²) in [6.07, 6.45) is 1.82. The van der Waals surface area contributed by atoms with Crippen molar-refractivity contribution < 1.29 is 4.74 Å². The quantitative estimate of drug-likeness (QED) is 0.540. The standard InChI is InChI=1S/C19H15ClN2O/c1-11-18(19-15(22-11)4-3-5-17(19)23-2)14-8-9-21-16-10-12(20)6-7-13(14)16/h3-10,22H,1-2H3. The average Bonchev–Trinajstić information content (AvgIpc) is 2.89. The fraction of sp³-hybridized carbons (Fsp3) is 0.105. The predicted molar refractivity (Wildman–Crippen MR) is 95.3 cm³/mol. The maximum absolute atomic E-state index is 6.10. The first-order chi connectivity index (χ1) is 11.2. The molecule has 0 bridgehead atoms. The summed E-state index contributed by atoms with van der Waals surface area (Å²) in [7, 11) is 1.70. The molecule has 4 aromatic rings. The molecule has 0 unspecified atom stereocenters. The number of nitrogens with one attached hydrogen (secondary N) is 1. The van der Waals surface area contributed by atoms with Crippen molar-refractivity contribution in [1.82, 2.24) is 9.97 Å². The van der Waals surface area contributed by atoms with E-state index in [1.54, 1.807) is 7.11 Å². The monoisotopic (exact) mass is 322 g/mol. The Labute approximate surface area is 138 Å². The molecule has 0 atom stereocenters. The number of hydrogen-bond acceptors (Lipinski definition) is 2. The molecule has 4 heteroatoms. The third-order valence-corrected chi connectivity index (χ3v) is 4.40. The summed E-state index contributed by atoms with van der Waals surface area (Å²) in [5.74, 6) is 0.862. The summed E-state index contributed by atoms with van der Waals surface area (Å²) in [5.41, 5.74) is 5.33. The summed E-state index contributed by atoms with van der Waals surface area (Å²) < 4.78 is 5.58. The minimum absolute atomic E-state index is 0.690. The number of rotatable bonds is 2. The Hall–Kier alpha value is -2.52. The van der Waals surface area contributed by atoms with Crippen LogP contribution in [-0.4, -0.2) is 17.1 Å². The molecule has 1 N–H and O–H groups in total. The van der Waals surface area contributed by atoms with Crippen LogP contribution in [0.15, 0.2) is 48.7 Å². The normalized spacial score (nSPS) is 11.3. The van der Waals surface area contributed by atoms with Crippen molar-refractivity contribution in [3.05, 3.63) is 59.4 Å². The smallest absolute Gasteiger partial charge is 0.128 e. The number of hydrogen-bond donors (Lipinski definition) is 1. The van der Waals surface area contributed by atoms with Crippen LogP contribution in [-0.2, 0) is 0 Å². The molecule has 23 heavy (non-hydrogen) atoms. The number of aryl methyl sites for hydroxylation is 1. The Morgan fingerprint density at radius 2 is 2.00 bits per heavy atom. The highest BCUT2D eigenvalue weighted by molar-refractivity contribution is 6.31. The van der Waals surface area contributed by atoms with Gasteiger partial charge in [-0.3, -0.25) is 4.98 Å². The van der Waals surface area contributed by atoms with Crippen LogP contribution in [0.3, 0.4) is 0 Å². The van der Waals surface area contributed by atoms with Crippen molar-refractivity contribution in [2.45, 2.75) is 6.92 Å². The van der Waals surface area contributed by atoms with Gasteiger partial charge in [0.25, 0.3) is 0 Å². The van der Waals surface area contributed by atoms with E-state index in [1.165, 1.54) is 0 Å². The number of fused-ring (bicyclic) bond motifs is 2. The van der Waals surface area contributed by atoms with Crippen LogP contribution in [0.2, 0.25) is 5.02 Å². The minimum Gasteiger partial charge on any atom is -0.496 e. The molecule has 3 nitrogen and oxygen atoms in total. The molecule has 0 saturated heterocycles. The van der Waals surface area contributed by atoms with E-state index in [-0.39, 0.29) is 0 Å². The van der Waals surface area contributed by atoms with Crippen LogP contribution >= 0.6 is 11.6 Å². The van der Waals surface area contributed by atoms with Gasteiger partial charge in [0.15, 0.2) is 0 Å². The van der Waals surface area contributed by atoms with E-state index in [1.807, 2.05) is 42.6 Å². The Bertz CT molecular complexity index is 1040. The van der Waals surface area contributed by atoms with Gasteiger partial charge in [0.2, 0.25) is 0 Å². The van der Waals surface area contributed by atoms with Gasteiger partial charge in [-0.05, 0) is 42.8 Å². The van der Waals surface area contributed by atoms with Gasteiger partial charge in [-0.25, -0.2) is 0 Å². The number of methoxy groups -OCH3 is 1. The summed E-state index contributed by atoms with van der Waals surface area (Å²) in [5, 5.41) is 2.86. The van der Waals surface area contributed by atoms with Crippen molar-refractivity contribution in [3.63, 3.8) is 0 Å². The number of pyridine rings is 1. The lowest BCUT2D eigenvalue weighted by Crippen LogP contribution is -1.88. The zero-order chi connectivity index (χ0) is 16.0. The lowest BCUT2D eigenvalue weighted by Gasteiger charge is -2.09. The molecule has 114 valence electrons. The second-order valence-corrected chi connectivity index (χ2v) is 5.96. The Kier molecular flexibility index (Phi) is 3.24. The number of ether oxygens (including phenoxy) is 1. The summed E-state index contributed by atoms with van der Waals surface area (Å²) in [6.45, 7) is 2.08. The molecule has 0 radical (unpaired) electrons. The highest BCUT2D eigenvalue weighted by Gasteiger charge is 2.16. The second-order valence-electron chi connectivity index (χ2n) is 5.53. The fourth-order valence-electron chi connectivity index (χ4n) is 3.19. The number of nitrogens with zero attached hydrogens (tertiary/aromatic N) is 1. The molecule has 0 aliphatic rings. The average molecular weight is 323 g/mol. The Balaban J connectivity index is 2.13. The zero-order valence-corrected chi connectivity index (χ0v) is 13.6. The van der Waals surface area contributed by atoms with Gasteiger partial charge in [0, 0.05) is 38.8 Å². The fourth-order valence-corrected chi connectivity index (χ4v) is 3.36. The number of aromatic nitrogens is 2. The molecule has 4 rings (SSSR count). The SMILES string of the molecule is COc1cccc2[nH]c(C)c(-c3ccnc4cc(Cl)ccc34)c12. The molecule has 2 aromatic carbocycles. The third-order valence-electron chi connectivity index (χ3n) is 4.17. The van der Waals surface area contributed by atoms with E-state index in [9.17, 15) is 0 Å². The summed E-state index contributed by atoms with van der Waals surface area (Å²) >= 11 is 6.10. The molecule has 0 saturated carbocycles. The van der Waals surface area contributed by atoms with Crippen LogP contribution in [0.5, 0.6) is 5.75 Å². The summed E-state index contributed by atoms with van der Waals surface area (Å²) in [4.78, 5) is 7.89. The van der Waals surface area contributed by atoms with Crippen molar-refractivity contribution in [1.29, 1.82) is 0 Å². The number of halogens is 1. The van der Waals surface area contributed by atoms with Gasteiger partial charge in [-0.1, -0.05) is 23.7 Å². The van der Waals surface area contributed by atoms with Crippen molar-refractivity contribution >= 4 is 33.4 Å². The molecule has 2 heterocycles.